The first kappa shape index (κ1) is 14.2. The second-order valence-corrected chi connectivity index (χ2v) is 10.2. The predicted molar refractivity (Wildman–Crippen MR) is 92.8 cm³/mol. The SMILES string of the molecule is O=S1(=O)CCc2nc(-c3c4c(cc5c3CCC5)CCC4)sc2C1. The van der Waals surface area contributed by atoms with E-state index in [-0.39, 0.29) is 11.5 Å². The quantitative estimate of drug-likeness (QED) is 0.797. The van der Waals surface area contributed by atoms with Gasteiger partial charge in [0, 0.05) is 16.9 Å². The predicted octanol–water partition coefficient (Wildman–Crippen LogP) is 3.26. The Hall–Kier alpha value is -1.20. The van der Waals surface area contributed by atoms with Gasteiger partial charge in [0.1, 0.15) is 5.01 Å². The summed E-state index contributed by atoms with van der Waals surface area (Å²) in [5, 5.41) is 1.09. The van der Waals surface area contributed by atoms with Gasteiger partial charge in [0.25, 0.3) is 0 Å². The number of nitrogens with zero attached hydrogens (tertiary/aromatic N) is 1. The molecule has 0 N–H and O–H groups in total. The van der Waals surface area contributed by atoms with Crippen LogP contribution in [0.4, 0.5) is 0 Å². The summed E-state index contributed by atoms with van der Waals surface area (Å²) >= 11 is 1.63. The Morgan fingerprint density at radius 2 is 1.65 bits per heavy atom. The van der Waals surface area contributed by atoms with Gasteiger partial charge >= 0.3 is 0 Å². The van der Waals surface area contributed by atoms with Gasteiger partial charge in [0.15, 0.2) is 9.84 Å². The molecule has 3 aliphatic rings. The topological polar surface area (TPSA) is 47.0 Å². The number of aromatic nitrogens is 1. The van der Waals surface area contributed by atoms with Crippen LogP contribution in [0.3, 0.4) is 0 Å². The van der Waals surface area contributed by atoms with E-state index in [1.54, 1.807) is 11.3 Å². The highest BCUT2D eigenvalue weighted by Crippen LogP contribution is 2.43. The van der Waals surface area contributed by atoms with Crippen molar-refractivity contribution in [2.24, 2.45) is 0 Å². The van der Waals surface area contributed by atoms with E-state index in [1.165, 1.54) is 53.5 Å². The molecular formula is C18H19NO2S2. The van der Waals surface area contributed by atoms with Crippen molar-refractivity contribution in [3.63, 3.8) is 0 Å². The van der Waals surface area contributed by atoms with Crippen LogP contribution in [0, 0.1) is 0 Å². The summed E-state index contributed by atoms with van der Waals surface area (Å²) in [6, 6.07) is 2.44. The number of fused-ring (bicyclic) bond motifs is 3. The summed E-state index contributed by atoms with van der Waals surface area (Å²) in [7, 11) is -2.92. The van der Waals surface area contributed by atoms with E-state index in [9.17, 15) is 8.42 Å². The molecule has 120 valence electrons. The van der Waals surface area contributed by atoms with Gasteiger partial charge in [-0.25, -0.2) is 13.4 Å². The van der Waals surface area contributed by atoms with Crippen molar-refractivity contribution in [3.05, 3.63) is 38.9 Å². The molecule has 23 heavy (non-hydrogen) atoms. The lowest BCUT2D eigenvalue weighted by Gasteiger charge is -2.12. The van der Waals surface area contributed by atoms with Gasteiger partial charge < -0.3 is 0 Å². The molecule has 0 fully saturated rings. The smallest absolute Gasteiger partial charge is 0.155 e. The normalized spacial score (nSPS) is 21.0. The van der Waals surface area contributed by atoms with Gasteiger partial charge in [-0.2, -0.15) is 0 Å². The molecule has 0 amide bonds. The Labute approximate surface area is 140 Å². The zero-order valence-corrected chi connectivity index (χ0v) is 14.7. The molecule has 0 radical (unpaired) electrons. The molecule has 5 rings (SSSR count). The maximum Gasteiger partial charge on any atom is 0.155 e. The Kier molecular flexibility index (Phi) is 3.02. The number of thiazole rings is 1. The van der Waals surface area contributed by atoms with Gasteiger partial charge in [-0.1, -0.05) is 6.07 Å². The molecule has 1 aromatic carbocycles. The number of hydrogen-bond acceptors (Lipinski definition) is 4. The second kappa shape index (κ2) is 4.90. The van der Waals surface area contributed by atoms with Crippen LogP contribution in [0.1, 0.15) is 45.7 Å². The number of hydrogen-bond donors (Lipinski definition) is 0. The summed E-state index contributed by atoms with van der Waals surface area (Å²) in [4.78, 5) is 5.88. The van der Waals surface area contributed by atoms with Crippen molar-refractivity contribution in [2.45, 2.75) is 50.7 Å². The third kappa shape index (κ3) is 2.20. The van der Waals surface area contributed by atoms with Crippen molar-refractivity contribution < 1.29 is 8.42 Å². The Balaban J connectivity index is 1.71. The fraction of sp³-hybridized carbons (Fsp3) is 0.500. The number of rotatable bonds is 1. The van der Waals surface area contributed by atoms with Gasteiger partial charge in [-0.3, -0.25) is 0 Å². The molecule has 2 aliphatic carbocycles. The maximum absolute atomic E-state index is 11.9. The van der Waals surface area contributed by atoms with Crippen LogP contribution in [-0.2, 0) is 47.7 Å². The van der Waals surface area contributed by atoms with Gasteiger partial charge in [-0.05, 0) is 60.8 Å². The average molecular weight is 345 g/mol. The van der Waals surface area contributed by atoms with Gasteiger partial charge in [0.05, 0.1) is 17.2 Å². The first-order valence-electron chi connectivity index (χ1n) is 8.46. The molecule has 2 heterocycles. The van der Waals surface area contributed by atoms with E-state index < -0.39 is 9.84 Å². The van der Waals surface area contributed by atoms with Crippen LogP contribution in [-0.4, -0.2) is 19.2 Å². The third-order valence-electron chi connectivity index (χ3n) is 5.47. The minimum Gasteiger partial charge on any atom is -0.241 e. The molecule has 5 heteroatoms. The number of benzene rings is 1. The molecule has 0 unspecified atom stereocenters. The zero-order chi connectivity index (χ0) is 15.6. The molecule has 1 aliphatic heterocycles. The number of aryl methyl sites for hydroxylation is 3. The highest BCUT2D eigenvalue weighted by Gasteiger charge is 2.29. The van der Waals surface area contributed by atoms with Gasteiger partial charge in [-0.15, -0.1) is 11.3 Å². The Morgan fingerprint density at radius 1 is 0.957 bits per heavy atom. The largest absolute Gasteiger partial charge is 0.241 e. The molecule has 1 aromatic heterocycles. The minimum atomic E-state index is -2.92. The fourth-order valence-electron chi connectivity index (χ4n) is 4.40. The average Bonchev–Trinajstić information content (AvgIpc) is 3.21. The summed E-state index contributed by atoms with van der Waals surface area (Å²) in [5.41, 5.74) is 8.44. The molecule has 3 nitrogen and oxygen atoms in total. The monoisotopic (exact) mass is 345 g/mol. The van der Waals surface area contributed by atoms with Crippen molar-refractivity contribution in [1.82, 2.24) is 4.98 Å². The van der Waals surface area contributed by atoms with E-state index in [1.807, 2.05) is 0 Å². The van der Waals surface area contributed by atoms with E-state index >= 15 is 0 Å². The Morgan fingerprint density at radius 3 is 2.35 bits per heavy atom. The highest BCUT2D eigenvalue weighted by atomic mass is 32.2. The van der Waals surface area contributed by atoms with Gasteiger partial charge in [0.2, 0.25) is 0 Å². The number of sulfone groups is 1. The van der Waals surface area contributed by atoms with Crippen LogP contribution in [0.25, 0.3) is 10.6 Å². The summed E-state index contributed by atoms with van der Waals surface area (Å²) in [5.74, 6) is 0.450. The minimum absolute atomic E-state index is 0.192. The summed E-state index contributed by atoms with van der Waals surface area (Å²) < 4.78 is 23.8. The van der Waals surface area contributed by atoms with Crippen molar-refractivity contribution in [1.29, 1.82) is 0 Å². The molecule has 0 atom stereocenters. The van der Waals surface area contributed by atoms with Crippen LogP contribution >= 0.6 is 11.3 Å². The lowest BCUT2D eigenvalue weighted by atomic mass is 9.94. The molecule has 0 saturated carbocycles. The lowest BCUT2D eigenvalue weighted by molar-refractivity contribution is 0.591. The van der Waals surface area contributed by atoms with E-state index in [0.717, 1.165) is 28.4 Å². The highest BCUT2D eigenvalue weighted by molar-refractivity contribution is 7.90. The summed E-state index contributed by atoms with van der Waals surface area (Å²) in [6.45, 7) is 0. The molecule has 0 bridgehead atoms. The van der Waals surface area contributed by atoms with Crippen molar-refractivity contribution in [2.75, 3.05) is 5.75 Å². The molecule has 0 saturated heterocycles. The Bertz CT molecular complexity index is 893. The lowest BCUT2D eigenvalue weighted by Crippen LogP contribution is -2.17. The zero-order valence-electron chi connectivity index (χ0n) is 13.0. The standard InChI is InChI=1S/C18H19NO2S2/c20-23(21)8-7-15-16(10-23)22-18(19-15)17-13-5-1-3-11(13)9-12-4-2-6-14(12)17/h9H,1-8,10H2. The van der Waals surface area contributed by atoms with E-state index in [0.29, 0.717) is 6.42 Å². The van der Waals surface area contributed by atoms with Crippen LogP contribution < -0.4 is 0 Å². The van der Waals surface area contributed by atoms with Crippen LogP contribution in [0.15, 0.2) is 6.07 Å². The fourth-order valence-corrected chi connectivity index (χ4v) is 7.39. The maximum atomic E-state index is 11.9. The second-order valence-electron chi connectivity index (χ2n) is 6.96. The summed E-state index contributed by atoms with van der Waals surface area (Å²) in [6.07, 6.45) is 7.76. The first-order valence-corrected chi connectivity index (χ1v) is 11.1. The molecule has 2 aromatic rings. The van der Waals surface area contributed by atoms with Crippen LogP contribution in [0.2, 0.25) is 0 Å². The molecular weight excluding hydrogens is 326 g/mol. The van der Waals surface area contributed by atoms with Crippen molar-refractivity contribution in [3.8, 4) is 10.6 Å². The van der Waals surface area contributed by atoms with E-state index in [2.05, 4.69) is 6.07 Å². The van der Waals surface area contributed by atoms with Crippen molar-refractivity contribution >= 4 is 21.2 Å². The first-order chi connectivity index (χ1) is 11.1. The van der Waals surface area contributed by atoms with Crippen LogP contribution in [0.5, 0.6) is 0 Å². The third-order valence-corrected chi connectivity index (χ3v) is 8.32. The van der Waals surface area contributed by atoms with E-state index in [4.69, 9.17) is 4.98 Å². The molecule has 0 spiro atoms.